The molecule has 7 nitrogen and oxygen atoms in total. The molecule has 2 N–H and O–H groups in total. The van der Waals surface area contributed by atoms with E-state index in [4.69, 9.17) is 0 Å². The molecule has 1 aliphatic heterocycles. The number of fused-ring (bicyclic) bond motifs is 1. The van der Waals surface area contributed by atoms with Gasteiger partial charge in [-0.15, -0.1) is 5.10 Å². The molecule has 23 heavy (non-hydrogen) atoms. The van der Waals surface area contributed by atoms with Gasteiger partial charge in [-0.25, -0.2) is 0 Å². The predicted octanol–water partition coefficient (Wildman–Crippen LogP) is 1.48. The summed E-state index contributed by atoms with van der Waals surface area (Å²) < 4.78 is 4.86. The Balaban J connectivity index is 1.57. The molecule has 4 rings (SSSR count). The first-order chi connectivity index (χ1) is 11.2. The number of carbonyl (C=O) groups excluding carboxylic acids is 1. The third-order valence-corrected chi connectivity index (χ3v) is 4.89. The fourth-order valence-corrected chi connectivity index (χ4v) is 3.24. The Morgan fingerprint density at radius 1 is 1.22 bits per heavy atom. The molecule has 1 saturated heterocycles. The molecular formula is C15H20N6OS. The quantitative estimate of drug-likeness (QED) is 0.740. The van der Waals surface area contributed by atoms with Gasteiger partial charge in [0, 0.05) is 25.0 Å². The molecule has 2 aliphatic rings. The number of thiol groups is 1. The van der Waals surface area contributed by atoms with Crippen molar-refractivity contribution in [2.75, 3.05) is 23.3 Å². The number of nitrogens with zero attached hydrogens (tertiary/aromatic N) is 4. The Kier molecular flexibility index (Phi) is 3.86. The summed E-state index contributed by atoms with van der Waals surface area (Å²) in [7, 11) is 0. The van der Waals surface area contributed by atoms with Crippen molar-refractivity contribution >= 4 is 36.1 Å². The van der Waals surface area contributed by atoms with E-state index in [1.54, 1.807) is 0 Å². The fourth-order valence-electron chi connectivity index (χ4n) is 2.98. The van der Waals surface area contributed by atoms with Crippen LogP contribution in [0.15, 0.2) is 18.2 Å². The van der Waals surface area contributed by atoms with Crippen molar-refractivity contribution in [2.45, 2.75) is 31.7 Å². The maximum absolute atomic E-state index is 11.9. The second-order valence-corrected chi connectivity index (χ2v) is 6.50. The van der Waals surface area contributed by atoms with Crippen LogP contribution in [0.5, 0.6) is 0 Å². The maximum atomic E-state index is 11.9. The molecule has 1 aliphatic carbocycles. The zero-order valence-corrected chi connectivity index (χ0v) is 13.7. The van der Waals surface area contributed by atoms with Gasteiger partial charge < -0.3 is 4.90 Å². The summed E-state index contributed by atoms with van der Waals surface area (Å²) in [5.74, 6) is 1.58. The van der Waals surface area contributed by atoms with Crippen LogP contribution in [0.1, 0.15) is 25.7 Å². The molecule has 0 unspecified atom stereocenters. The summed E-state index contributed by atoms with van der Waals surface area (Å²) in [5.41, 5.74) is 0.753. The molecule has 8 heteroatoms. The van der Waals surface area contributed by atoms with E-state index in [1.165, 1.54) is 0 Å². The molecule has 1 saturated carbocycles. The Hall–Kier alpha value is -1.80. The highest BCUT2D eigenvalue weighted by Crippen LogP contribution is 2.30. The minimum Gasteiger partial charge on any atom is -0.356 e. The number of anilines is 2. The van der Waals surface area contributed by atoms with E-state index in [2.05, 4.69) is 37.8 Å². The van der Waals surface area contributed by atoms with Gasteiger partial charge in [-0.05, 0) is 37.8 Å². The molecule has 2 aromatic rings. The summed E-state index contributed by atoms with van der Waals surface area (Å²) in [5, 5.41) is 7.30. The van der Waals surface area contributed by atoms with Crippen molar-refractivity contribution in [3.8, 4) is 0 Å². The molecule has 0 spiro atoms. The van der Waals surface area contributed by atoms with E-state index < -0.39 is 0 Å². The molecule has 1 amide bonds. The van der Waals surface area contributed by atoms with Crippen molar-refractivity contribution < 1.29 is 4.79 Å². The van der Waals surface area contributed by atoms with E-state index in [0.717, 1.165) is 50.2 Å². The Morgan fingerprint density at radius 3 is 2.70 bits per heavy atom. The number of hydrogen-bond acceptors (Lipinski definition) is 6. The second-order valence-electron chi connectivity index (χ2n) is 6.24. The van der Waals surface area contributed by atoms with Crippen LogP contribution in [0.25, 0.3) is 5.65 Å². The van der Waals surface area contributed by atoms with Crippen molar-refractivity contribution in [3.05, 3.63) is 18.2 Å². The minimum absolute atomic E-state index is 0.0307. The van der Waals surface area contributed by atoms with Gasteiger partial charge in [0.05, 0.1) is 0 Å². The lowest BCUT2D eigenvalue weighted by Gasteiger charge is -2.32. The van der Waals surface area contributed by atoms with E-state index in [9.17, 15) is 4.79 Å². The maximum Gasteiger partial charge on any atom is 0.249 e. The van der Waals surface area contributed by atoms with Gasteiger partial charge >= 0.3 is 0 Å². The van der Waals surface area contributed by atoms with Gasteiger partial charge in [0.1, 0.15) is 5.82 Å². The third kappa shape index (κ3) is 3.00. The third-order valence-electron chi connectivity index (χ3n) is 4.52. The number of amides is 1. The van der Waals surface area contributed by atoms with Gasteiger partial charge in [0.2, 0.25) is 11.9 Å². The first-order valence-corrected chi connectivity index (χ1v) is 8.50. The topological polar surface area (TPSA) is 74.6 Å². The molecule has 0 atom stereocenters. The zero-order valence-electron chi connectivity index (χ0n) is 12.8. The van der Waals surface area contributed by atoms with Crippen LogP contribution in [-0.2, 0) is 4.79 Å². The Labute approximate surface area is 140 Å². The molecule has 3 heterocycles. The fraction of sp³-hybridized carbons (Fsp3) is 0.533. The van der Waals surface area contributed by atoms with Gasteiger partial charge in [-0.2, -0.15) is 9.50 Å². The highest BCUT2D eigenvalue weighted by atomic mass is 32.1. The SMILES string of the molecule is O=C(Nc1nc2cccc(N3CCC(NS)CC3)n2n1)C1CC1. The summed E-state index contributed by atoms with van der Waals surface area (Å²) in [4.78, 5) is 18.6. The molecule has 0 radical (unpaired) electrons. The summed E-state index contributed by atoms with van der Waals surface area (Å²) in [6.07, 6.45) is 4.02. The van der Waals surface area contributed by atoms with Crippen LogP contribution in [0, 0.1) is 5.92 Å². The number of aromatic nitrogens is 3. The van der Waals surface area contributed by atoms with Crippen LogP contribution in [0.4, 0.5) is 11.8 Å². The standard InChI is InChI=1S/C15H20N6OS/c22-14(10-4-5-10)17-15-16-12-2-1-3-13(21(12)18-15)20-8-6-11(19-23)7-9-20/h1-3,10-11,19,23H,4-9H2,(H,17,18,22). The molecule has 122 valence electrons. The predicted molar refractivity (Wildman–Crippen MR) is 91.7 cm³/mol. The van der Waals surface area contributed by atoms with Crippen LogP contribution < -0.4 is 14.9 Å². The largest absolute Gasteiger partial charge is 0.356 e. The van der Waals surface area contributed by atoms with E-state index in [0.29, 0.717) is 12.0 Å². The number of nitrogens with one attached hydrogen (secondary N) is 2. The van der Waals surface area contributed by atoms with Crippen molar-refractivity contribution in [3.63, 3.8) is 0 Å². The molecule has 2 aromatic heterocycles. The van der Waals surface area contributed by atoms with Gasteiger partial charge in [-0.1, -0.05) is 18.9 Å². The Morgan fingerprint density at radius 2 is 2.00 bits per heavy atom. The van der Waals surface area contributed by atoms with Crippen LogP contribution >= 0.6 is 12.8 Å². The first-order valence-electron chi connectivity index (χ1n) is 8.06. The highest BCUT2D eigenvalue weighted by molar-refractivity contribution is 7.78. The minimum atomic E-state index is 0.0307. The van der Waals surface area contributed by atoms with Crippen molar-refractivity contribution in [2.24, 2.45) is 5.92 Å². The smallest absolute Gasteiger partial charge is 0.249 e. The zero-order chi connectivity index (χ0) is 15.8. The normalized spacial score (nSPS) is 19.3. The Bertz CT molecular complexity index is 720. The van der Waals surface area contributed by atoms with E-state index in [1.807, 2.05) is 22.7 Å². The van der Waals surface area contributed by atoms with Crippen LogP contribution in [-0.4, -0.2) is 39.6 Å². The average molecular weight is 332 g/mol. The van der Waals surface area contributed by atoms with Gasteiger partial charge in [-0.3, -0.25) is 14.8 Å². The van der Waals surface area contributed by atoms with Crippen molar-refractivity contribution in [1.82, 2.24) is 19.3 Å². The number of pyridine rings is 1. The van der Waals surface area contributed by atoms with Gasteiger partial charge in [0.15, 0.2) is 5.65 Å². The summed E-state index contributed by atoms with van der Waals surface area (Å²) >= 11 is 4.16. The van der Waals surface area contributed by atoms with Crippen LogP contribution in [0.3, 0.4) is 0 Å². The van der Waals surface area contributed by atoms with E-state index in [-0.39, 0.29) is 11.8 Å². The molecule has 2 fully saturated rings. The second kappa shape index (κ2) is 6.01. The number of piperidine rings is 1. The number of hydrogen-bond donors (Lipinski definition) is 3. The summed E-state index contributed by atoms with van der Waals surface area (Å²) in [6.45, 7) is 1.89. The monoisotopic (exact) mass is 332 g/mol. The van der Waals surface area contributed by atoms with E-state index >= 15 is 0 Å². The first kappa shape index (κ1) is 14.8. The lowest BCUT2D eigenvalue weighted by atomic mass is 10.1. The van der Waals surface area contributed by atoms with Crippen LogP contribution in [0.2, 0.25) is 0 Å². The molecular weight excluding hydrogens is 312 g/mol. The number of carbonyl (C=O) groups is 1. The lowest BCUT2D eigenvalue weighted by Crippen LogP contribution is -2.40. The van der Waals surface area contributed by atoms with Crippen molar-refractivity contribution in [1.29, 1.82) is 0 Å². The highest BCUT2D eigenvalue weighted by Gasteiger charge is 2.30. The molecule has 0 aromatic carbocycles. The average Bonchev–Trinajstić information content (AvgIpc) is 3.35. The van der Waals surface area contributed by atoms with Gasteiger partial charge in [0.25, 0.3) is 0 Å². The lowest BCUT2D eigenvalue weighted by molar-refractivity contribution is -0.117. The summed E-state index contributed by atoms with van der Waals surface area (Å²) in [6, 6.07) is 6.39. The number of rotatable bonds is 4. The molecule has 0 bridgehead atoms.